The van der Waals surface area contributed by atoms with E-state index >= 15 is 0 Å². The molecule has 0 radical (unpaired) electrons. The van der Waals surface area contributed by atoms with Gasteiger partial charge in [-0.25, -0.2) is 12.8 Å². The van der Waals surface area contributed by atoms with Gasteiger partial charge in [-0.1, -0.05) is 41.9 Å². The molecule has 162 valence electrons. The number of amides is 2. The van der Waals surface area contributed by atoms with Gasteiger partial charge < -0.3 is 4.90 Å². The lowest BCUT2D eigenvalue weighted by molar-refractivity contribution is -0.123. The third kappa shape index (κ3) is 2.79. The first-order valence-electron chi connectivity index (χ1n) is 9.72. The maximum Gasteiger partial charge on any atom is 0.274 e. The summed E-state index contributed by atoms with van der Waals surface area (Å²) in [6.07, 6.45) is 0. The Morgan fingerprint density at radius 2 is 1.59 bits per heavy atom. The Kier molecular flexibility index (Phi) is 4.61. The molecule has 0 aliphatic carbocycles. The molecule has 0 unspecified atom stereocenters. The van der Waals surface area contributed by atoms with Crippen LogP contribution in [0.15, 0.2) is 72.8 Å². The van der Waals surface area contributed by atoms with E-state index in [0.29, 0.717) is 16.3 Å². The molecule has 0 aromatic heterocycles. The number of hydrogen-bond donors (Lipinski definition) is 0. The van der Waals surface area contributed by atoms with E-state index in [-0.39, 0.29) is 17.8 Å². The number of benzene rings is 3. The highest BCUT2D eigenvalue weighted by Crippen LogP contribution is 2.52. The number of carbonyl (C=O) groups is 2. The molecule has 2 amide bonds. The second-order valence-corrected chi connectivity index (χ2v) is 10.2. The Balaban J connectivity index is 1.72. The van der Waals surface area contributed by atoms with Crippen LogP contribution in [0.2, 0.25) is 5.02 Å². The highest BCUT2D eigenvalue weighted by atomic mass is 35.5. The van der Waals surface area contributed by atoms with Crippen molar-refractivity contribution in [2.45, 2.75) is 11.4 Å². The summed E-state index contributed by atoms with van der Waals surface area (Å²) >= 11 is 5.97. The monoisotopic (exact) mass is 470 g/mol. The molecule has 2 aliphatic rings. The Morgan fingerprint density at radius 1 is 0.938 bits per heavy atom. The van der Waals surface area contributed by atoms with E-state index in [1.165, 1.54) is 53.4 Å². The van der Waals surface area contributed by atoms with Crippen LogP contribution in [0.1, 0.15) is 11.1 Å². The first-order chi connectivity index (χ1) is 15.3. The molecule has 0 N–H and O–H groups in total. The third-order valence-corrected chi connectivity index (χ3v) is 8.12. The van der Waals surface area contributed by atoms with Crippen molar-refractivity contribution < 1.29 is 22.4 Å². The highest BCUT2D eigenvalue weighted by Gasteiger charge is 2.69. The van der Waals surface area contributed by atoms with Gasteiger partial charge in [-0.05, 0) is 48.0 Å². The summed E-state index contributed by atoms with van der Waals surface area (Å²) in [5, 5.41) is 0.411. The molecule has 6 nitrogen and oxygen atoms in total. The summed E-state index contributed by atoms with van der Waals surface area (Å²) in [5.74, 6) is -2.65. The SMILES string of the molecule is O=C1CS(=O)(=O)[C@@]2(C(=O)N(Cc3ccc(F)cc3)c3ccccc32)N1c1ccc(Cl)cc1. The maximum atomic E-state index is 13.9. The summed E-state index contributed by atoms with van der Waals surface area (Å²) in [7, 11) is -4.25. The molecule has 32 heavy (non-hydrogen) atoms. The number of sulfone groups is 1. The Morgan fingerprint density at radius 3 is 2.28 bits per heavy atom. The number of nitrogens with zero attached hydrogens (tertiary/aromatic N) is 2. The zero-order chi connectivity index (χ0) is 22.7. The quantitative estimate of drug-likeness (QED) is 0.585. The maximum absolute atomic E-state index is 13.9. The number of anilines is 2. The van der Waals surface area contributed by atoms with Gasteiger partial charge in [0, 0.05) is 16.3 Å². The van der Waals surface area contributed by atoms with E-state index in [9.17, 15) is 22.4 Å². The van der Waals surface area contributed by atoms with E-state index in [4.69, 9.17) is 11.6 Å². The van der Waals surface area contributed by atoms with Gasteiger partial charge in [0.05, 0.1) is 12.2 Å². The smallest absolute Gasteiger partial charge is 0.274 e. The number of hydrogen-bond acceptors (Lipinski definition) is 4. The van der Waals surface area contributed by atoms with Gasteiger partial charge in [0.1, 0.15) is 11.6 Å². The average molecular weight is 471 g/mol. The molecule has 9 heteroatoms. The topological polar surface area (TPSA) is 74.8 Å². The van der Waals surface area contributed by atoms with Crippen LogP contribution in [0.25, 0.3) is 0 Å². The standard InChI is InChI=1S/C23H16ClFN2O4S/c24-16-7-11-18(12-8-16)27-21(28)14-32(30,31)23(27)19-3-1-2-4-20(19)26(22(23)29)13-15-5-9-17(25)10-6-15/h1-12H,13-14H2/t23-/m0/s1. The zero-order valence-electron chi connectivity index (χ0n) is 16.5. The molecule has 3 aromatic rings. The summed E-state index contributed by atoms with van der Waals surface area (Å²) in [4.78, 5) is 27.1. The molecule has 3 aromatic carbocycles. The predicted octanol–water partition coefficient (Wildman–Crippen LogP) is 3.64. The van der Waals surface area contributed by atoms with Crippen LogP contribution in [0.5, 0.6) is 0 Å². The van der Waals surface area contributed by atoms with E-state index in [1.54, 1.807) is 24.3 Å². The summed E-state index contributed by atoms with van der Waals surface area (Å²) < 4.78 is 40.3. The van der Waals surface area contributed by atoms with Crippen molar-refractivity contribution in [2.24, 2.45) is 0 Å². The second kappa shape index (κ2) is 7.15. The lowest BCUT2D eigenvalue weighted by Crippen LogP contribution is -2.54. The average Bonchev–Trinajstić information content (AvgIpc) is 3.13. The van der Waals surface area contributed by atoms with Gasteiger partial charge in [0.2, 0.25) is 5.91 Å². The minimum atomic E-state index is -4.25. The molecule has 2 aliphatic heterocycles. The molecule has 1 saturated heterocycles. The first-order valence-corrected chi connectivity index (χ1v) is 11.8. The van der Waals surface area contributed by atoms with Crippen molar-refractivity contribution >= 4 is 44.6 Å². The first kappa shape index (κ1) is 20.7. The van der Waals surface area contributed by atoms with Crippen LogP contribution in [0.3, 0.4) is 0 Å². The normalized spacial score (nSPS) is 21.4. The van der Waals surface area contributed by atoms with Gasteiger partial charge in [-0.3, -0.25) is 14.5 Å². The molecule has 0 bridgehead atoms. The summed E-state index contributed by atoms with van der Waals surface area (Å²) in [6.45, 7) is 0.0239. The fourth-order valence-corrected chi connectivity index (χ4v) is 6.57. The second-order valence-electron chi connectivity index (χ2n) is 7.64. The van der Waals surface area contributed by atoms with Crippen molar-refractivity contribution in [1.82, 2.24) is 0 Å². The van der Waals surface area contributed by atoms with Crippen molar-refractivity contribution in [3.63, 3.8) is 0 Å². The molecule has 1 atom stereocenters. The van der Waals surface area contributed by atoms with Crippen LogP contribution in [0.4, 0.5) is 15.8 Å². The Labute approximate surface area is 188 Å². The minimum Gasteiger partial charge on any atom is -0.304 e. The lowest BCUT2D eigenvalue weighted by Gasteiger charge is -2.32. The van der Waals surface area contributed by atoms with Gasteiger partial charge in [0.15, 0.2) is 9.84 Å². The van der Waals surface area contributed by atoms with Crippen LogP contribution in [0, 0.1) is 5.82 Å². The highest BCUT2D eigenvalue weighted by molar-refractivity contribution is 7.94. The van der Waals surface area contributed by atoms with E-state index in [1.807, 2.05) is 0 Å². The fourth-order valence-electron chi connectivity index (χ4n) is 4.41. The van der Waals surface area contributed by atoms with E-state index in [0.717, 1.165) is 4.90 Å². The fraction of sp³-hybridized carbons (Fsp3) is 0.130. The predicted molar refractivity (Wildman–Crippen MR) is 118 cm³/mol. The molecule has 0 saturated carbocycles. The molecular formula is C23H16ClFN2O4S. The Hall–Kier alpha value is -3.23. The number of para-hydroxylation sites is 1. The van der Waals surface area contributed by atoms with Crippen molar-refractivity contribution in [1.29, 1.82) is 0 Å². The molecule has 5 rings (SSSR count). The van der Waals surface area contributed by atoms with Gasteiger partial charge >= 0.3 is 0 Å². The Bertz CT molecular complexity index is 1360. The van der Waals surface area contributed by atoms with E-state index in [2.05, 4.69) is 0 Å². The molecule has 1 spiro atoms. The molecule has 1 fully saturated rings. The summed E-state index contributed by atoms with van der Waals surface area (Å²) in [6, 6.07) is 18.2. The van der Waals surface area contributed by atoms with Gasteiger partial charge in [-0.15, -0.1) is 0 Å². The van der Waals surface area contributed by atoms with Crippen LogP contribution in [-0.4, -0.2) is 26.0 Å². The van der Waals surface area contributed by atoms with Crippen LogP contribution in [-0.2, 0) is 30.8 Å². The van der Waals surface area contributed by atoms with Crippen LogP contribution < -0.4 is 9.80 Å². The number of rotatable bonds is 3. The zero-order valence-corrected chi connectivity index (χ0v) is 18.1. The minimum absolute atomic E-state index is 0.0239. The largest absolute Gasteiger partial charge is 0.304 e. The van der Waals surface area contributed by atoms with Gasteiger partial charge in [0.25, 0.3) is 10.8 Å². The number of fused-ring (bicyclic) bond motifs is 2. The van der Waals surface area contributed by atoms with Crippen LogP contribution >= 0.6 is 11.6 Å². The summed E-state index contributed by atoms with van der Waals surface area (Å²) in [5.41, 5.74) is 1.48. The molecular weight excluding hydrogens is 455 g/mol. The van der Waals surface area contributed by atoms with Crippen molar-refractivity contribution in [2.75, 3.05) is 15.6 Å². The molecule has 2 heterocycles. The number of halogens is 2. The third-order valence-electron chi connectivity index (χ3n) is 5.76. The number of carbonyl (C=O) groups excluding carboxylic acids is 2. The van der Waals surface area contributed by atoms with Gasteiger partial charge in [-0.2, -0.15) is 0 Å². The van der Waals surface area contributed by atoms with Crippen molar-refractivity contribution in [3.8, 4) is 0 Å². The van der Waals surface area contributed by atoms with E-state index < -0.39 is 38.1 Å². The van der Waals surface area contributed by atoms with Crippen molar-refractivity contribution in [3.05, 3.63) is 94.8 Å². The lowest BCUT2D eigenvalue weighted by atomic mass is 10.0.